The number of hydrogen-bond acceptors (Lipinski definition) is 1. The van der Waals surface area contributed by atoms with Gasteiger partial charge < -0.3 is 4.74 Å². The van der Waals surface area contributed by atoms with Crippen molar-refractivity contribution in [3.05, 3.63) is 35.9 Å². The quantitative estimate of drug-likeness (QED) is 0.676. The maximum absolute atomic E-state index is 5.47. The van der Waals surface area contributed by atoms with Crippen LogP contribution in [-0.4, -0.2) is 12.7 Å². The maximum atomic E-state index is 5.47. The van der Waals surface area contributed by atoms with Gasteiger partial charge in [-0.1, -0.05) is 55.8 Å². The minimum atomic E-state index is 0.0378. The summed E-state index contributed by atoms with van der Waals surface area (Å²) in [5.41, 5.74) is 1.32. The van der Waals surface area contributed by atoms with Crippen LogP contribution in [0.2, 0.25) is 0 Å². The molecule has 0 saturated heterocycles. The van der Waals surface area contributed by atoms with Crippen LogP contribution in [-0.2, 0) is 10.2 Å². The van der Waals surface area contributed by atoms with Crippen molar-refractivity contribution in [3.63, 3.8) is 0 Å². The van der Waals surface area contributed by atoms with Crippen molar-refractivity contribution in [2.75, 3.05) is 12.7 Å². The van der Waals surface area contributed by atoms with Gasteiger partial charge in [-0.2, -0.15) is 0 Å². The van der Waals surface area contributed by atoms with Gasteiger partial charge in [0.25, 0.3) is 0 Å². The van der Waals surface area contributed by atoms with E-state index >= 15 is 0 Å². The number of halogens is 1. The molecule has 1 rings (SSSR count). The third-order valence-corrected chi connectivity index (χ3v) is 2.25. The monoisotopic (exact) mass is 198 g/mol. The molecule has 0 heterocycles. The molecular weight excluding hydrogens is 184 g/mol. The van der Waals surface area contributed by atoms with Crippen LogP contribution in [0.3, 0.4) is 0 Å². The molecule has 0 amide bonds. The fraction of sp³-hybridized carbons (Fsp3) is 0.455. The summed E-state index contributed by atoms with van der Waals surface area (Å²) < 4.78 is 5.22. The highest BCUT2D eigenvalue weighted by molar-refractivity contribution is 6.17. The van der Waals surface area contributed by atoms with Crippen LogP contribution in [0.25, 0.3) is 0 Å². The van der Waals surface area contributed by atoms with Gasteiger partial charge in [-0.25, -0.2) is 0 Å². The molecule has 0 aliphatic carbocycles. The van der Waals surface area contributed by atoms with Gasteiger partial charge in [0.15, 0.2) is 0 Å². The Morgan fingerprint density at radius 2 is 1.85 bits per heavy atom. The topological polar surface area (TPSA) is 9.23 Å². The van der Waals surface area contributed by atoms with Crippen molar-refractivity contribution in [2.24, 2.45) is 0 Å². The highest BCUT2D eigenvalue weighted by Gasteiger charge is 2.19. The first-order valence-corrected chi connectivity index (χ1v) is 4.89. The Balaban J connectivity index is 2.69. The van der Waals surface area contributed by atoms with Crippen molar-refractivity contribution >= 4 is 11.6 Å². The van der Waals surface area contributed by atoms with Crippen LogP contribution in [0, 0.1) is 0 Å². The summed E-state index contributed by atoms with van der Waals surface area (Å²) in [7, 11) is 0. The van der Waals surface area contributed by atoms with Crippen LogP contribution in [0.15, 0.2) is 30.3 Å². The van der Waals surface area contributed by atoms with Crippen LogP contribution >= 0.6 is 11.6 Å². The lowest BCUT2D eigenvalue weighted by Crippen LogP contribution is -2.23. The Bertz CT molecular complexity index is 244. The van der Waals surface area contributed by atoms with Crippen LogP contribution in [0.5, 0.6) is 0 Å². The summed E-state index contributed by atoms with van der Waals surface area (Å²) in [4.78, 5) is 0. The summed E-state index contributed by atoms with van der Waals surface area (Å²) in [6.45, 7) is 4.95. The maximum Gasteiger partial charge on any atom is 0.120 e. The predicted octanol–water partition coefficient (Wildman–Crippen LogP) is 3.18. The van der Waals surface area contributed by atoms with Gasteiger partial charge in [0.1, 0.15) is 6.07 Å². The fourth-order valence-electron chi connectivity index (χ4n) is 1.27. The minimum absolute atomic E-state index is 0.0378. The zero-order chi connectivity index (χ0) is 9.73. The van der Waals surface area contributed by atoms with Gasteiger partial charge in [-0.3, -0.25) is 0 Å². The van der Waals surface area contributed by atoms with E-state index in [0.29, 0.717) is 6.61 Å². The first-order valence-electron chi connectivity index (χ1n) is 4.36. The van der Waals surface area contributed by atoms with Crippen LogP contribution < -0.4 is 0 Å². The first kappa shape index (κ1) is 10.6. The fourth-order valence-corrected chi connectivity index (χ4v) is 1.34. The molecule has 1 aromatic rings. The lowest BCUT2D eigenvalue weighted by Gasteiger charge is -2.24. The lowest BCUT2D eigenvalue weighted by molar-refractivity contribution is 0.131. The second-order valence-electron chi connectivity index (χ2n) is 3.71. The molecule has 0 N–H and O–H groups in total. The summed E-state index contributed by atoms with van der Waals surface area (Å²) >= 11 is 5.47. The Labute approximate surface area is 84.7 Å². The van der Waals surface area contributed by atoms with Gasteiger partial charge in [-0.05, 0) is 5.56 Å². The normalized spacial score (nSPS) is 11.6. The molecule has 13 heavy (non-hydrogen) atoms. The number of rotatable bonds is 4. The van der Waals surface area contributed by atoms with E-state index in [-0.39, 0.29) is 11.5 Å². The summed E-state index contributed by atoms with van der Waals surface area (Å²) in [5, 5.41) is 0. The van der Waals surface area contributed by atoms with E-state index in [9.17, 15) is 0 Å². The molecule has 0 spiro atoms. The molecule has 0 radical (unpaired) electrons. The van der Waals surface area contributed by atoms with E-state index in [2.05, 4.69) is 26.0 Å². The molecule has 0 aromatic heterocycles. The smallest absolute Gasteiger partial charge is 0.120 e. The third-order valence-electron chi connectivity index (χ3n) is 2.10. The molecule has 1 aromatic carbocycles. The Morgan fingerprint density at radius 3 is 2.38 bits per heavy atom. The van der Waals surface area contributed by atoms with Crippen LogP contribution in [0.4, 0.5) is 0 Å². The molecule has 1 nitrogen and oxygen atoms in total. The molecule has 0 fully saturated rings. The summed E-state index contributed by atoms with van der Waals surface area (Å²) in [6, 6.07) is 10.6. The SMILES string of the molecule is CC(C)(COCCl)c1ccccc1. The Hall–Kier alpha value is -0.530. The van der Waals surface area contributed by atoms with E-state index in [4.69, 9.17) is 16.3 Å². The molecule has 0 aliphatic rings. The number of ether oxygens (including phenoxy) is 1. The molecule has 0 unspecified atom stereocenters. The molecular formula is C11H15ClO. The van der Waals surface area contributed by atoms with Crippen molar-refractivity contribution in [1.82, 2.24) is 0 Å². The molecule has 2 heteroatoms. The molecule has 0 saturated carbocycles. The molecule has 0 bridgehead atoms. The van der Waals surface area contributed by atoms with Gasteiger partial charge in [0, 0.05) is 5.41 Å². The second kappa shape index (κ2) is 4.64. The minimum Gasteiger partial charge on any atom is -0.365 e. The average Bonchev–Trinajstić information content (AvgIpc) is 2.16. The first-order chi connectivity index (χ1) is 6.17. The number of benzene rings is 1. The van der Waals surface area contributed by atoms with E-state index in [1.54, 1.807) is 0 Å². The third kappa shape index (κ3) is 3.02. The van der Waals surface area contributed by atoms with E-state index in [0.717, 1.165) is 0 Å². The number of alkyl halides is 1. The zero-order valence-corrected chi connectivity index (χ0v) is 8.84. The lowest BCUT2D eigenvalue weighted by atomic mass is 9.86. The summed E-state index contributed by atoms with van der Waals surface area (Å²) in [6.07, 6.45) is 0. The number of hydrogen-bond donors (Lipinski definition) is 0. The van der Waals surface area contributed by atoms with Crippen molar-refractivity contribution in [1.29, 1.82) is 0 Å². The van der Waals surface area contributed by atoms with Crippen molar-refractivity contribution in [2.45, 2.75) is 19.3 Å². The largest absolute Gasteiger partial charge is 0.365 e. The van der Waals surface area contributed by atoms with Gasteiger partial charge in [-0.15, -0.1) is 0 Å². The summed E-state index contributed by atoms with van der Waals surface area (Å²) in [5.74, 6) is 0. The van der Waals surface area contributed by atoms with Gasteiger partial charge in [0.2, 0.25) is 0 Å². The second-order valence-corrected chi connectivity index (χ2v) is 3.93. The van der Waals surface area contributed by atoms with Gasteiger partial charge >= 0.3 is 0 Å². The Morgan fingerprint density at radius 1 is 1.23 bits per heavy atom. The standard InChI is InChI=1S/C11H15ClO/c1-11(2,8-13-9-12)10-6-4-3-5-7-10/h3-7H,8-9H2,1-2H3. The van der Waals surface area contributed by atoms with Crippen molar-refractivity contribution in [3.8, 4) is 0 Å². The van der Waals surface area contributed by atoms with E-state index in [1.165, 1.54) is 5.56 Å². The van der Waals surface area contributed by atoms with E-state index < -0.39 is 0 Å². The zero-order valence-electron chi connectivity index (χ0n) is 8.09. The van der Waals surface area contributed by atoms with Crippen molar-refractivity contribution < 1.29 is 4.74 Å². The molecule has 0 atom stereocenters. The predicted molar refractivity (Wildman–Crippen MR) is 56.1 cm³/mol. The molecule has 72 valence electrons. The molecule has 0 aliphatic heterocycles. The average molecular weight is 199 g/mol. The van der Waals surface area contributed by atoms with Crippen LogP contribution in [0.1, 0.15) is 19.4 Å². The Kier molecular flexibility index (Phi) is 3.76. The van der Waals surface area contributed by atoms with E-state index in [1.807, 2.05) is 18.2 Å². The highest BCUT2D eigenvalue weighted by atomic mass is 35.5. The van der Waals surface area contributed by atoms with Gasteiger partial charge in [0.05, 0.1) is 6.61 Å². The highest BCUT2D eigenvalue weighted by Crippen LogP contribution is 2.22.